The Morgan fingerprint density at radius 1 is 1.21 bits per heavy atom. The molecule has 12 heteroatoms. The Bertz CT molecular complexity index is 1320. The number of benzene rings is 1. The average molecular weight is 598 g/mol. The number of nitrogens with zero attached hydrogens (tertiary/aromatic N) is 6. The van der Waals surface area contributed by atoms with E-state index in [1.807, 2.05) is 30.7 Å². The number of hydrogen-bond donors (Lipinski definition) is 2. The van der Waals surface area contributed by atoms with Gasteiger partial charge in [0, 0.05) is 54.7 Å². The zero-order valence-corrected chi connectivity index (χ0v) is 24.5. The van der Waals surface area contributed by atoms with E-state index in [0.717, 1.165) is 61.5 Å². The smallest absolute Gasteiger partial charge is 0.303 e. The predicted molar refractivity (Wildman–Crippen MR) is 155 cm³/mol. The van der Waals surface area contributed by atoms with Crippen LogP contribution in [-0.2, 0) is 4.79 Å². The quantitative estimate of drug-likeness (QED) is 0.398. The Balaban J connectivity index is 0.00000353. The monoisotopic (exact) mass is 596 g/mol. The summed E-state index contributed by atoms with van der Waals surface area (Å²) in [6, 6.07) is 5.52. The molecule has 0 spiro atoms. The Morgan fingerprint density at radius 3 is 2.72 bits per heavy atom. The number of likely N-dealkylation sites (tertiary alicyclic amines) is 1. The maximum Gasteiger partial charge on any atom is 0.303 e. The standard InChI is InChI=1S/C27H34Cl2N6O3.ClH/c1-16-26-27(35(32-16)17(2)21-6-5-20(28)11-22(21)29)31-24(12-30-26)34-9-7-23(19(14-34)15-36)33-8-3-4-18(13-33)10-25(37)38;/h5-6,11-12,17-19,23,36H,3-4,7-10,13-15H2,1-2H3,(H,37,38);1H/t17-,18+,19+,23+;/m1./s1. The van der Waals surface area contributed by atoms with Gasteiger partial charge >= 0.3 is 5.97 Å². The fourth-order valence-electron chi connectivity index (χ4n) is 6.14. The molecule has 4 atom stereocenters. The number of aromatic nitrogens is 4. The van der Waals surface area contributed by atoms with Crippen LogP contribution in [0.25, 0.3) is 11.2 Å². The van der Waals surface area contributed by atoms with Crippen LogP contribution < -0.4 is 4.90 Å². The van der Waals surface area contributed by atoms with Crippen molar-refractivity contribution < 1.29 is 15.0 Å². The zero-order valence-electron chi connectivity index (χ0n) is 22.1. The molecule has 9 nitrogen and oxygen atoms in total. The van der Waals surface area contributed by atoms with E-state index in [-0.39, 0.29) is 49.4 Å². The van der Waals surface area contributed by atoms with Crippen molar-refractivity contribution in [1.82, 2.24) is 24.6 Å². The summed E-state index contributed by atoms with van der Waals surface area (Å²) in [7, 11) is 0. The molecule has 4 heterocycles. The molecule has 212 valence electrons. The van der Waals surface area contributed by atoms with E-state index < -0.39 is 5.97 Å². The summed E-state index contributed by atoms with van der Waals surface area (Å²) in [6.45, 7) is 7.20. The highest BCUT2D eigenvalue weighted by Gasteiger charge is 2.36. The van der Waals surface area contributed by atoms with E-state index in [2.05, 4.69) is 9.80 Å². The molecule has 0 unspecified atom stereocenters. The summed E-state index contributed by atoms with van der Waals surface area (Å²) in [5.41, 5.74) is 3.13. The Kier molecular flexibility index (Phi) is 9.60. The van der Waals surface area contributed by atoms with Gasteiger partial charge in [-0.25, -0.2) is 14.6 Å². The third-order valence-corrected chi connectivity index (χ3v) is 8.64. The molecule has 2 aliphatic rings. The van der Waals surface area contributed by atoms with E-state index in [0.29, 0.717) is 22.2 Å². The molecule has 2 fully saturated rings. The lowest BCUT2D eigenvalue weighted by Gasteiger charge is -2.46. The Hall–Kier alpha value is -2.17. The van der Waals surface area contributed by atoms with Gasteiger partial charge in [-0.2, -0.15) is 5.10 Å². The lowest BCUT2D eigenvalue weighted by Crippen LogP contribution is -2.55. The SMILES string of the molecule is Cc1nn([C@H](C)c2ccc(Cl)cc2Cl)c2nc(N3CC[C@H](N4CCC[C@@H](CC(=O)O)C4)[C@H](CO)C3)cnc12.Cl. The van der Waals surface area contributed by atoms with Gasteiger partial charge in [-0.3, -0.25) is 9.69 Å². The lowest BCUT2D eigenvalue weighted by molar-refractivity contribution is -0.138. The van der Waals surface area contributed by atoms with Gasteiger partial charge in [0.15, 0.2) is 5.65 Å². The summed E-state index contributed by atoms with van der Waals surface area (Å²) in [6.07, 6.45) is 4.83. The normalized spacial score (nSPS) is 23.0. The van der Waals surface area contributed by atoms with Gasteiger partial charge < -0.3 is 15.1 Å². The fourth-order valence-corrected chi connectivity index (χ4v) is 6.70. The highest BCUT2D eigenvalue weighted by atomic mass is 35.5. The van der Waals surface area contributed by atoms with Gasteiger partial charge in [-0.15, -0.1) is 12.4 Å². The maximum atomic E-state index is 11.2. The number of anilines is 1. The van der Waals surface area contributed by atoms with Gasteiger partial charge in [-0.05, 0) is 63.3 Å². The second-order valence-corrected chi connectivity index (χ2v) is 11.5. The molecular formula is C27H35Cl3N6O3. The molecule has 0 bridgehead atoms. The summed E-state index contributed by atoms with van der Waals surface area (Å²) >= 11 is 12.6. The van der Waals surface area contributed by atoms with Crippen molar-refractivity contribution in [2.24, 2.45) is 11.8 Å². The molecule has 39 heavy (non-hydrogen) atoms. The first-order valence-electron chi connectivity index (χ1n) is 13.2. The summed E-state index contributed by atoms with van der Waals surface area (Å²) in [5.74, 6) is 0.239. The number of hydrogen-bond acceptors (Lipinski definition) is 7. The summed E-state index contributed by atoms with van der Waals surface area (Å²) < 4.78 is 1.86. The number of aryl methyl sites for hydroxylation is 1. The third kappa shape index (κ3) is 6.28. The topological polar surface area (TPSA) is 108 Å². The van der Waals surface area contributed by atoms with Crippen LogP contribution in [0.5, 0.6) is 0 Å². The Morgan fingerprint density at radius 2 is 2.00 bits per heavy atom. The van der Waals surface area contributed by atoms with Gasteiger partial charge in [0.2, 0.25) is 0 Å². The molecule has 0 saturated carbocycles. The Labute approximate surface area is 244 Å². The molecule has 0 radical (unpaired) electrons. The fraction of sp³-hybridized carbons (Fsp3) is 0.556. The van der Waals surface area contributed by atoms with Gasteiger partial charge in [0.05, 0.1) is 17.9 Å². The number of aliphatic hydroxyl groups is 1. The largest absolute Gasteiger partial charge is 0.481 e. The minimum atomic E-state index is -0.735. The van der Waals surface area contributed by atoms with Crippen molar-refractivity contribution >= 4 is 58.6 Å². The molecule has 2 N–H and O–H groups in total. The molecule has 5 rings (SSSR count). The maximum absolute atomic E-state index is 11.2. The number of carboxylic acids is 1. The molecule has 1 aromatic carbocycles. The van der Waals surface area contributed by atoms with Crippen molar-refractivity contribution in [2.45, 2.75) is 51.6 Å². The van der Waals surface area contributed by atoms with Crippen LogP contribution >= 0.6 is 35.6 Å². The van der Waals surface area contributed by atoms with Crippen LogP contribution in [0.3, 0.4) is 0 Å². The first kappa shape index (κ1) is 29.8. The number of piperidine rings is 2. The number of rotatable bonds is 7. The van der Waals surface area contributed by atoms with E-state index in [4.69, 9.17) is 38.3 Å². The third-order valence-electron chi connectivity index (χ3n) is 8.07. The molecule has 2 aromatic heterocycles. The first-order valence-corrected chi connectivity index (χ1v) is 14.0. The van der Waals surface area contributed by atoms with Crippen LogP contribution in [0.1, 0.15) is 49.9 Å². The van der Waals surface area contributed by atoms with E-state index in [1.165, 1.54) is 0 Å². The van der Waals surface area contributed by atoms with E-state index in [9.17, 15) is 15.0 Å². The molecule has 2 aliphatic heterocycles. The van der Waals surface area contributed by atoms with Gasteiger partial charge in [-0.1, -0.05) is 29.3 Å². The zero-order chi connectivity index (χ0) is 27.0. The lowest BCUT2D eigenvalue weighted by atomic mass is 9.87. The van der Waals surface area contributed by atoms with Crippen LogP contribution in [0.2, 0.25) is 10.0 Å². The molecule has 2 saturated heterocycles. The molecule has 3 aromatic rings. The van der Waals surface area contributed by atoms with Crippen LogP contribution in [-0.4, -0.2) is 79.7 Å². The second-order valence-electron chi connectivity index (χ2n) is 10.6. The van der Waals surface area contributed by atoms with Gasteiger partial charge in [0.1, 0.15) is 11.3 Å². The van der Waals surface area contributed by atoms with Crippen molar-refractivity contribution in [3.63, 3.8) is 0 Å². The summed E-state index contributed by atoms with van der Waals surface area (Å²) in [5, 5.41) is 25.5. The minimum absolute atomic E-state index is 0. The molecular weight excluding hydrogens is 563 g/mol. The summed E-state index contributed by atoms with van der Waals surface area (Å²) in [4.78, 5) is 25.6. The predicted octanol–water partition coefficient (Wildman–Crippen LogP) is 4.85. The van der Waals surface area contributed by atoms with Crippen molar-refractivity contribution in [3.8, 4) is 0 Å². The van der Waals surface area contributed by atoms with Crippen molar-refractivity contribution in [3.05, 3.63) is 45.7 Å². The minimum Gasteiger partial charge on any atom is -0.481 e. The number of fused-ring (bicyclic) bond motifs is 1. The highest BCUT2D eigenvalue weighted by Crippen LogP contribution is 2.33. The van der Waals surface area contributed by atoms with E-state index in [1.54, 1.807) is 12.3 Å². The van der Waals surface area contributed by atoms with Crippen LogP contribution in [0.4, 0.5) is 5.82 Å². The molecule has 0 amide bonds. The number of aliphatic hydroxyl groups excluding tert-OH is 1. The van der Waals surface area contributed by atoms with Crippen molar-refractivity contribution in [2.75, 3.05) is 37.7 Å². The number of halogens is 3. The number of carboxylic acid groups (broad SMARTS) is 1. The highest BCUT2D eigenvalue weighted by molar-refractivity contribution is 6.35. The average Bonchev–Trinajstić information content (AvgIpc) is 3.23. The molecule has 0 aliphatic carbocycles. The van der Waals surface area contributed by atoms with Crippen molar-refractivity contribution in [1.29, 1.82) is 0 Å². The first-order chi connectivity index (χ1) is 18.2. The van der Waals surface area contributed by atoms with Gasteiger partial charge in [0.25, 0.3) is 0 Å². The van der Waals surface area contributed by atoms with Crippen LogP contribution in [0.15, 0.2) is 24.4 Å². The second kappa shape index (κ2) is 12.6. The number of carbonyl (C=O) groups is 1. The van der Waals surface area contributed by atoms with E-state index >= 15 is 0 Å². The van der Waals surface area contributed by atoms with Crippen LogP contribution in [0, 0.1) is 18.8 Å². The number of aliphatic carboxylic acids is 1.